The molecule has 0 saturated carbocycles. The molecule has 0 saturated heterocycles. The van der Waals surface area contributed by atoms with Gasteiger partial charge in [0.05, 0.1) is 5.54 Å². The summed E-state index contributed by atoms with van der Waals surface area (Å²) in [5.74, 6) is 0.104. The Balaban J connectivity index is 1.89. The van der Waals surface area contributed by atoms with Gasteiger partial charge in [-0.15, -0.1) is 0 Å². The predicted molar refractivity (Wildman–Crippen MR) is 97.3 cm³/mol. The standard InChI is InChI=1S/C16H17FN4OS2/c1-9-7-13(21-24-9)14(22)19-10-3-4-12(17)11(8-10)16(2)5-6-23-15(18)20-16/h3-4,7-8H,5-6H2,1-2H3,(H2,18,20)(H,19,22)/t16-/m0/s1. The highest BCUT2D eigenvalue weighted by atomic mass is 32.2. The molecule has 8 heteroatoms. The second-order valence-electron chi connectivity index (χ2n) is 5.79. The first kappa shape index (κ1) is 16.9. The van der Waals surface area contributed by atoms with Gasteiger partial charge in [-0.1, -0.05) is 11.8 Å². The SMILES string of the molecule is Cc1cc(C(=O)Nc2ccc(F)c([C@]3(C)CCSC(N)=N3)c2)ns1. The van der Waals surface area contributed by atoms with Crippen LogP contribution in [0.2, 0.25) is 0 Å². The third kappa shape index (κ3) is 3.44. The minimum absolute atomic E-state index is 0.315. The number of rotatable bonds is 3. The highest BCUT2D eigenvalue weighted by molar-refractivity contribution is 8.13. The van der Waals surface area contributed by atoms with Crippen molar-refractivity contribution in [1.82, 2.24) is 4.37 Å². The van der Waals surface area contributed by atoms with Crippen molar-refractivity contribution in [2.24, 2.45) is 10.7 Å². The normalized spacial score (nSPS) is 20.5. The summed E-state index contributed by atoms with van der Waals surface area (Å²) in [6.07, 6.45) is 0.679. The van der Waals surface area contributed by atoms with E-state index in [4.69, 9.17) is 5.73 Å². The summed E-state index contributed by atoms with van der Waals surface area (Å²) in [4.78, 5) is 17.6. The number of thioether (sulfide) groups is 1. The number of anilines is 1. The molecule has 1 amide bonds. The molecule has 0 spiro atoms. The summed E-state index contributed by atoms with van der Waals surface area (Å²) in [5.41, 5.74) is 6.37. The van der Waals surface area contributed by atoms with Gasteiger partial charge in [0.1, 0.15) is 11.5 Å². The number of aromatic nitrogens is 1. The maximum absolute atomic E-state index is 14.3. The average Bonchev–Trinajstić information content (AvgIpc) is 2.95. The molecule has 0 fully saturated rings. The first-order valence-corrected chi connectivity index (χ1v) is 9.16. The van der Waals surface area contributed by atoms with Crippen molar-refractivity contribution in [2.75, 3.05) is 11.1 Å². The Kier molecular flexibility index (Phi) is 4.60. The number of benzene rings is 1. The number of hydrogen-bond acceptors (Lipinski definition) is 6. The maximum Gasteiger partial charge on any atom is 0.275 e. The minimum atomic E-state index is -0.725. The third-order valence-corrected chi connectivity index (χ3v) is 5.35. The van der Waals surface area contributed by atoms with Gasteiger partial charge >= 0.3 is 0 Å². The molecule has 1 aromatic heterocycles. The van der Waals surface area contributed by atoms with Gasteiger partial charge in [0, 0.05) is 21.9 Å². The minimum Gasteiger partial charge on any atom is -0.379 e. The predicted octanol–water partition coefficient (Wildman–Crippen LogP) is 3.51. The lowest BCUT2D eigenvalue weighted by molar-refractivity contribution is 0.102. The topological polar surface area (TPSA) is 80.4 Å². The van der Waals surface area contributed by atoms with Crippen LogP contribution >= 0.6 is 23.3 Å². The molecule has 3 rings (SSSR count). The van der Waals surface area contributed by atoms with Crippen molar-refractivity contribution in [3.8, 4) is 0 Å². The summed E-state index contributed by atoms with van der Waals surface area (Å²) < 4.78 is 18.4. The second-order valence-corrected chi connectivity index (χ2v) is 7.92. The third-order valence-electron chi connectivity index (χ3n) is 3.86. The lowest BCUT2D eigenvalue weighted by Crippen LogP contribution is -2.29. The van der Waals surface area contributed by atoms with Gasteiger partial charge in [-0.2, -0.15) is 4.37 Å². The fourth-order valence-electron chi connectivity index (χ4n) is 2.56. The molecule has 0 bridgehead atoms. The van der Waals surface area contributed by atoms with Crippen LogP contribution in [-0.2, 0) is 5.54 Å². The molecule has 3 N–H and O–H groups in total. The Labute approximate surface area is 147 Å². The Morgan fingerprint density at radius 1 is 1.42 bits per heavy atom. The van der Waals surface area contributed by atoms with Crippen LogP contribution in [0.5, 0.6) is 0 Å². The van der Waals surface area contributed by atoms with E-state index in [2.05, 4.69) is 14.7 Å². The van der Waals surface area contributed by atoms with Gasteiger partial charge in [-0.25, -0.2) is 4.39 Å². The summed E-state index contributed by atoms with van der Waals surface area (Å²) >= 11 is 2.73. The molecule has 0 radical (unpaired) electrons. The fraction of sp³-hybridized carbons (Fsp3) is 0.312. The smallest absolute Gasteiger partial charge is 0.275 e. The number of aryl methyl sites for hydroxylation is 1. The van der Waals surface area contributed by atoms with Crippen LogP contribution in [0.4, 0.5) is 10.1 Å². The summed E-state index contributed by atoms with van der Waals surface area (Å²) in [5, 5.41) is 3.21. The molecule has 1 atom stereocenters. The van der Waals surface area contributed by atoms with Gasteiger partial charge in [0.25, 0.3) is 5.91 Å². The molecule has 126 valence electrons. The highest BCUT2D eigenvalue weighted by Gasteiger charge is 2.32. The van der Waals surface area contributed by atoms with E-state index in [0.29, 0.717) is 28.5 Å². The van der Waals surface area contributed by atoms with Gasteiger partial charge in [0.2, 0.25) is 0 Å². The van der Waals surface area contributed by atoms with E-state index in [0.717, 1.165) is 10.6 Å². The van der Waals surface area contributed by atoms with Crippen molar-refractivity contribution in [2.45, 2.75) is 25.8 Å². The zero-order valence-corrected chi connectivity index (χ0v) is 14.9. The van der Waals surface area contributed by atoms with Crippen LogP contribution in [0.25, 0.3) is 0 Å². The number of halogens is 1. The van der Waals surface area contributed by atoms with Crippen LogP contribution < -0.4 is 11.1 Å². The van der Waals surface area contributed by atoms with E-state index >= 15 is 0 Å². The first-order chi connectivity index (χ1) is 11.4. The van der Waals surface area contributed by atoms with Crippen molar-refractivity contribution in [3.63, 3.8) is 0 Å². The van der Waals surface area contributed by atoms with E-state index in [1.165, 1.54) is 35.4 Å². The fourth-order valence-corrected chi connectivity index (χ4v) is 4.08. The van der Waals surface area contributed by atoms with Crippen LogP contribution in [0.1, 0.15) is 34.3 Å². The zero-order valence-electron chi connectivity index (χ0n) is 13.3. The number of nitrogens with zero attached hydrogens (tertiary/aromatic N) is 2. The molecule has 1 aliphatic rings. The second kappa shape index (κ2) is 6.52. The van der Waals surface area contributed by atoms with Gasteiger partial charge in [-0.3, -0.25) is 9.79 Å². The first-order valence-electron chi connectivity index (χ1n) is 7.40. The van der Waals surface area contributed by atoms with Gasteiger partial charge < -0.3 is 11.1 Å². The molecule has 5 nitrogen and oxygen atoms in total. The summed E-state index contributed by atoms with van der Waals surface area (Å²) in [7, 11) is 0. The van der Waals surface area contributed by atoms with Gasteiger partial charge in [-0.05, 0) is 56.1 Å². The lowest BCUT2D eigenvalue weighted by Gasteiger charge is -2.30. The van der Waals surface area contributed by atoms with E-state index in [9.17, 15) is 9.18 Å². The summed E-state index contributed by atoms with van der Waals surface area (Å²) in [6.45, 7) is 3.74. The molecular formula is C16H17FN4OS2. The Bertz CT molecular complexity index is 820. The zero-order chi connectivity index (χ0) is 17.3. The Morgan fingerprint density at radius 2 is 2.21 bits per heavy atom. The van der Waals surface area contributed by atoms with E-state index in [1.807, 2.05) is 13.8 Å². The largest absolute Gasteiger partial charge is 0.379 e. The molecule has 1 aromatic carbocycles. The van der Waals surface area contributed by atoms with Crippen molar-refractivity contribution >= 4 is 40.1 Å². The quantitative estimate of drug-likeness (QED) is 0.873. The number of hydrogen-bond donors (Lipinski definition) is 2. The van der Waals surface area contributed by atoms with Crippen molar-refractivity contribution < 1.29 is 9.18 Å². The van der Waals surface area contributed by atoms with E-state index < -0.39 is 5.54 Å². The summed E-state index contributed by atoms with van der Waals surface area (Å²) in [6, 6.07) is 6.22. The number of carbonyl (C=O) groups excluding carboxylic acids is 1. The number of nitrogens with two attached hydrogens (primary N) is 1. The molecule has 0 unspecified atom stereocenters. The van der Waals surface area contributed by atoms with E-state index in [-0.39, 0.29) is 11.7 Å². The van der Waals surface area contributed by atoms with Crippen LogP contribution in [-0.4, -0.2) is 21.2 Å². The van der Waals surface area contributed by atoms with Gasteiger partial charge in [0.15, 0.2) is 5.17 Å². The Hall–Kier alpha value is -1.93. The van der Waals surface area contributed by atoms with Crippen molar-refractivity contribution in [1.29, 1.82) is 0 Å². The van der Waals surface area contributed by atoms with Crippen LogP contribution in [0.15, 0.2) is 29.3 Å². The molecule has 2 heterocycles. The number of nitrogens with one attached hydrogen (secondary N) is 1. The van der Waals surface area contributed by atoms with E-state index in [1.54, 1.807) is 12.1 Å². The molecular weight excluding hydrogens is 347 g/mol. The number of amidine groups is 1. The Morgan fingerprint density at radius 3 is 2.88 bits per heavy atom. The molecule has 0 aliphatic carbocycles. The molecule has 1 aliphatic heterocycles. The highest BCUT2D eigenvalue weighted by Crippen LogP contribution is 2.37. The van der Waals surface area contributed by atoms with Crippen LogP contribution in [0.3, 0.4) is 0 Å². The molecule has 2 aromatic rings. The number of aliphatic imine (C=N–C) groups is 1. The number of carbonyl (C=O) groups is 1. The van der Waals surface area contributed by atoms with Crippen molar-refractivity contribution in [3.05, 3.63) is 46.2 Å². The average molecular weight is 364 g/mol. The van der Waals surface area contributed by atoms with Crippen LogP contribution in [0, 0.1) is 12.7 Å². The molecule has 24 heavy (non-hydrogen) atoms. The maximum atomic E-state index is 14.3. The lowest BCUT2D eigenvalue weighted by atomic mass is 9.89. The number of amides is 1. The monoisotopic (exact) mass is 364 g/mol.